The number of hydrogen-bond donors (Lipinski definition) is 0. The molecule has 1 rings (SSSR count). The zero-order chi connectivity index (χ0) is 14.7. The second-order valence-corrected chi connectivity index (χ2v) is 9.39. The van der Waals surface area contributed by atoms with E-state index in [-0.39, 0.29) is 6.04 Å². The van der Waals surface area contributed by atoms with Gasteiger partial charge in [0.2, 0.25) is 0 Å². The van der Waals surface area contributed by atoms with Gasteiger partial charge in [-0.3, -0.25) is 0 Å². The Kier molecular flexibility index (Phi) is 3.48. The molecule has 0 saturated carbocycles. The summed E-state index contributed by atoms with van der Waals surface area (Å²) < 4.78 is 29.0. The first-order valence-corrected chi connectivity index (χ1v) is 7.89. The van der Waals surface area contributed by atoms with Gasteiger partial charge < -0.3 is 0 Å². The normalized spacial score (nSPS) is 29.7. The predicted molar refractivity (Wildman–Crippen MR) is 75.6 cm³/mol. The van der Waals surface area contributed by atoms with Crippen LogP contribution >= 0.6 is 0 Å². The van der Waals surface area contributed by atoms with E-state index >= 15 is 0 Å². The summed E-state index contributed by atoms with van der Waals surface area (Å²) in [5.41, 5.74) is -1.24. The lowest BCUT2D eigenvalue weighted by atomic mass is 9.90. The topological polar surface area (TPSA) is 40.6 Å². The van der Waals surface area contributed by atoms with Crippen molar-refractivity contribution in [3.8, 4) is 0 Å². The first-order chi connectivity index (χ1) is 7.64. The molecule has 4 nitrogen and oxygen atoms in total. The van der Waals surface area contributed by atoms with Gasteiger partial charge in [-0.2, -0.15) is 17.0 Å². The summed E-state index contributed by atoms with van der Waals surface area (Å²) in [4.78, 5) is 0. The van der Waals surface area contributed by atoms with Crippen LogP contribution in [0.25, 0.3) is 0 Å². The molecule has 1 saturated heterocycles. The maximum atomic E-state index is 12.9. The van der Waals surface area contributed by atoms with E-state index in [1.807, 2.05) is 62.3 Å². The van der Waals surface area contributed by atoms with Crippen LogP contribution in [0.15, 0.2) is 0 Å². The minimum absolute atomic E-state index is 0.0540. The van der Waals surface area contributed by atoms with E-state index in [2.05, 4.69) is 0 Å². The maximum Gasteiger partial charge on any atom is 0.283 e. The largest absolute Gasteiger partial charge is 0.283 e. The lowest BCUT2D eigenvalue weighted by Gasteiger charge is -2.40. The maximum absolute atomic E-state index is 12.9. The molecule has 1 heterocycles. The third-order valence-corrected chi connectivity index (χ3v) is 6.49. The fraction of sp³-hybridized carbons (Fsp3) is 1.00. The van der Waals surface area contributed by atoms with Crippen molar-refractivity contribution >= 4 is 10.2 Å². The van der Waals surface area contributed by atoms with Crippen molar-refractivity contribution in [2.75, 3.05) is 0 Å². The van der Waals surface area contributed by atoms with Gasteiger partial charge in [0.1, 0.15) is 0 Å². The molecule has 1 atom stereocenters. The van der Waals surface area contributed by atoms with Crippen molar-refractivity contribution in [3.63, 3.8) is 0 Å². The van der Waals surface area contributed by atoms with E-state index in [1.54, 1.807) is 8.61 Å². The smallest absolute Gasteiger partial charge is 0.195 e. The summed E-state index contributed by atoms with van der Waals surface area (Å²) in [7, 11) is -3.43. The second-order valence-electron chi connectivity index (χ2n) is 7.74. The monoisotopic (exact) mass is 276 g/mol. The molecular weight excluding hydrogens is 248 g/mol. The molecule has 18 heavy (non-hydrogen) atoms. The van der Waals surface area contributed by atoms with Crippen molar-refractivity contribution in [3.05, 3.63) is 0 Å². The minimum Gasteiger partial charge on any atom is -0.195 e. The van der Waals surface area contributed by atoms with Crippen molar-refractivity contribution < 1.29 is 8.42 Å². The van der Waals surface area contributed by atoms with Crippen LogP contribution in [-0.4, -0.2) is 39.7 Å². The molecular formula is C13H28N2O2S. The van der Waals surface area contributed by atoms with Crippen LogP contribution in [0.3, 0.4) is 0 Å². The molecule has 0 radical (unpaired) electrons. The third-order valence-electron chi connectivity index (χ3n) is 3.65. The molecule has 0 amide bonds. The van der Waals surface area contributed by atoms with Crippen molar-refractivity contribution in [2.24, 2.45) is 0 Å². The third kappa shape index (κ3) is 2.21. The molecule has 0 aromatic heterocycles. The zero-order valence-electron chi connectivity index (χ0n) is 13.2. The standard InChI is InChI=1S/C13H28N2O2S/c1-10-13(8,9)15(12(5,6)7)18(16,17)14(10)11(2,3)4/h10H,1-9H3/t10-/m1/s1. The SMILES string of the molecule is C[C@H]1N(C(C)(C)C)S(=O)(=O)N(C(C)(C)C)C1(C)C. The van der Waals surface area contributed by atoms with Crippen LogP contribution in [0.1, 0.15) is 62.3 Å². The molecule has 1 aliphatic rings. The molecule has 0 aromatic rings. The fourth-order valence-electron chi connectivity index (χ4n) is 3.18. The van der Waals surface area contributed by atoms with E-state index in [0.29, 0.717) is 0 Å². The van der Waals surface area contributed by atoms with Crippen LogP contribution < -0.4 is 0 Å². The molecule has 0 bridgehead atoms. The van der Waals surface area contributed by atoms with Crippen molar-refractivity contribution in [1.29, 1.82) is 0 Å². The van der Waals surface area contributed by atoms with Crippen LogP contribution in [0.2, 0.25) is 0 Å². The highest BCUT2D eigenvalue weighted by atomic mass is 32.2. The molecule has 1 aliphatic heterocycles. The number of nitrogens with zero attached hydrogens (tertiary/aromatic N) is 2. The van der Waals surface area contributed by atoms with Gasteiger partial charge in [-0.05, 0) is 62.3 Å². The highest BCUT2D eigenvalue weighted by molar-refractivity contribution is 7.87. The molecule has 0 aromatic carbocycles. The molecule has 0 spiro atoms. The van der Waals surface area contributed by atoms with Crippen molar-refractivity contribution in [1.82, 2.24) is 8.61 Å². The molecule has 0 N–H and O–H groups in total. The van der Waals surface area contributed by atoms with E-state index in [0.717, 1.165) is 0 Å². The summed E-state index contributed by atoms with van der Waals surface area (Å²) in [6, 6.07) is -0.0540. The predicted octanol–water partition coefficient (Wildman–Crippen LogP) is 2.61. The van der Waals surface area contributed by atoms with Crippen LogP contribution in [0, 0.1) is 0 Å². The van der Waals surface area contributed by atoms with E-state index in [1.165, 1.54) is 0 Å². The number of hydrogen-bond acceptors (Lipinski definition) is 2. The Bertz CT molecular complexity index is 427. The molecule has 0 aliphatic carbocycles. The average molecular weight is 276 g/mol. The van der Waals surface area contributed by atoms with Gasteiger partial charge in [0.15, 0.2) is 0 Å². The van der Waals surface area contributed by atoms with E-state index in [4.69, 9.17) is 0 Å². The second kappa shape index (κ2) is 3.93. The van der Waals surface area contributed by atoms with Gasteiger partial charge in [0.25, 0.3) is 10.2 Å². The van der Waals surface area contributed by atoms with Crippen molar-refractivity contribution in [2.45, 2.75) is 85.0 Å². The van der Waals surface area contributed by atoms with Gasteiger partial charge in [-0.15, -0.1) is 0 Å². The zero-order valence-corrected chi connectivity index (χ0v) is 14.0. The van der Waals surface area contributed by atoms with Gasteiger partial charge in [0, 0.05) is 22.7 Å². The summed E-state index contributed by atoms with van der Waals surface area (Å²) in [6.45, 7) is 17.7. The van der Waals surface area contributed by atoms with Gasteiger partial charge in [-0.1, -0.05) is 0 Å². The summed E-state index contributed by atoms with van der Waals surface area (Å²) >= 11 is 0. The van der Waals surface area contributed by atoms with Crippen LogP contribution in [0.4, 0.5) is 0 Å². The molecule has 0 unspecified atom stereocenters. The highest BCUT2D eigenvalue weighted by Gasteiger charge is 2.60. The Morgan fingerprint density at radius 2 is 1.33 bits per heavy atom. The first kappa shape index (κ1) is 15.9. The average Bonchev–Trinajstić information content (AvgIpc) is 2.08. The molecule has 5 heteroatoms. The van der Waals surface area contributed by atoms with Crippen LogP contribution in [-0.2, 0) is 10.2 Å². The summed E-state index contributed by atoms with van der Waals surface area (Å²) in [6.07, 6.45) is 0. The quantitative estimate of drug-likeness (QED) is 0.682. The summed E-state index contributed by atoms with van der Waals surface area (Å²) in [5.74, 6) is 0. The first-order valence-electron chi connectivity index (χ1n) is 6.49. The Morgan fingerprint density at radius 3 is 1.50 bits per heavy atom. The Labute approximate surface area is 113 Å². The highest BCUT2D eigenvalue weighted by Crippen LogP contribution is 2.44. The Balaban J connectivity index is 3.51. The lowest BCUT2D eigenvalue weighted by molar-refractivity contribution is 0.0994. The van der Waals surface area contributed by atoms with Gasteiger partial charge in [-0.25, -0.2) is 0 Å². The molecule has 108 valence electrons. The summed E-state index contributed by atoms with van der Waals surface area (Å²) in [5, 5.41) is 0. The Morgan fingerprint density at radius 1 is 0.944 bits per heavy atom. The number of rotatable bonds is 0. The lowest BCUT2D eigenvalue weighted by Crippen LogP contribution is -2.54. The van der Waals surface area contributed by atoms with Gasteiger partial charge >= 0.3 is 0 Å². The fourth-order valence-corrected chi connectivity index (χ4v) is 6.14. The van der Waals surface area contributed by atoms with Crippen LogP contribution in [0.5, 0.6) is 0 Å². The van der Waals surface area contributed by atoms with E-state index in [9.17, 15) is 8.42 Å². The minimum atomic E-state index is -3.43. The molecule has 1 fully saturated rings. The Hall–Kier alpha value is -0.130. The van der Waals surface area contributed by atoms with Gasteiger partial charge in [0.05, 0.1) is 0 Å². The van der Waals surface area contributed by atoms with E-state index < -0.39 is 26.8 Å².